The van der Waals surface area contributed by atoms with Crippen LogP contribution in [0, 0.1) is 0 Å². The van der Waals surface area contributed by atoms with E-state index in [4.69, 9.17) is 5.14 Å². The van der Waals surface area contributed by atoms with Crippen LogP contribution in [-0.4, -0.2) is 53.0 Å². The molecule has 3 rings (SSSR count). The minimum Gasteiger partial charge on any atom is -0.345 e. The molecule has 1 aromatic heterocycles. The van der Waals surface area contributed by atoms with E-state index in [9.17, 15) is 13.2 Å². The molecule has 9 nitrogen and oxygen atoms in total. The molecule has 0 spiro atoms. The fraction of sp³-hybridized carbons (Fsp3) is 0.300. The number of tetrazole rings is 1. The first kappa shape index (κ1) is 21.6. The third-order valence-electron chi connectivity index (χ3n) is 4.74. The summed E-state index contributed by atoms with van der Waals surface area (Å²) in [7, 11) is -1.94. The second-order valence-corrected chi connectivity index (χ2v) is 8.51. The Kier molecular flexibility index (Phi) is 6.91. The molecule has 0 saturated carbocycles. The number of primary sulfonamides is 1. The summed E-state index contributed by atoms with van der Waals surface area (Å²) in [4.78, 5) is 14.2. The van der Waals surface area contributed by atoms with Crippen LogP contribution in [0.1, 0.15) is 24.2 Å². The summed E-state index contributed by atoms with van der Waals surface area (Å²) in [6.45, 7) is 0.537. The van der Waals surface area contributed by atoms with Gasteiger partial charge in [0.2, 0.25) is 15.9 Å². The van der Waals surface area contributed by atoms with Gasteiger partial charge in [0, 0.05) is 26.4 Å². The van der Waals surface area contributed by atoms with Crippen molar-refractivity contribution in [2.45, 2.75) is 30.6 Å². The number of hydrogen-bond acceptors (Lipinski definition) is 6. The van der Waals surface area contributed by atoms with Gasteiger partial charge in [-0.15, -0.1) is 5.10 Å². The minimum absolute atomic E-state index is 0.0369. The zero-order chi connectivity index (χ0) is 21.6. The van der Waals surface area contributed by atoms with Gasteiger partial charge in [0.05, 0.1) is 10.6 Å². The van der Waals surface area contributed by atoms with Gasteiger partial charge < -0.3 is 4.90 Å². The van der Waals surface area contributed by atoms with Gasteiger partial charge in [0.1, 0.15) is 0 Å². The quantitative estimate of drug-likeness (QED) is 0.548. The molecule has 2 aromatic carbocycles. The van der Waals surface area contributed by atoms with Gasteiger partial charge >= 0.3 is 0 Å². The molecule has 1 heterocycles. The Morgan fingerprint density at radius 2 is 1.77 bits per heavy atom. The number of nitrogens with two attached hydrogens (primary N) is 1. The number of sulfonamides is 1. The Balaban J connectivity index is 1.46. The zero-order valence-electron chi connectivity index (χ0n) is 16.7. The fourth-order valence-electron chi connectivity index (χ4n) is 2.99. The summed E-state index contributed by atoms with van der Waals surface area (Å²) in [6, 6.07) is 16.0. The molecule has 0 aliphatic rings. The van der Waals surface area contributed by atoms with E-state index >= 15 is 0 Å². The van der Waals surface area contributed by atoms with Crippen molar-refractivity contribution in [1.29, 1.82) is 0 Å². The molecular weight excluding hydrogens is 404 g/mol. The molecule has 0 bridgehead atoms. The second kappa shape index (κ2) is 9.59. The van der Waals surface area contributed by atoms with Gasteiger partial charge in [0.15, 0.2) is 5.82 Å². The number of benzene rings is 2. The number of rotatable bonds is 9. The van der Waals surface area contributed by atoms with E-state index in [0.717, 1.165) is 11.3 Å². The lowest BCUT2D eigenvalue weighted by molar-refractivity contribution is -0.129. The highest BCUT2D eigenvalue weighted by atomic mass is 32.2. The number of para-hydroxylation sites is 1. The van der Waals surface area contributed by atoms with Gasteiger partial charge in [-0.05, 0) is 53.1 Å². The molecular formula is C20H24N6O3S. The number of amides is 1. The number of likely N-dealkylation sites (N-methyl/N-ethyl adjacent to an activating group) is 1. The maximum absolute atomic E-state index is 12.4. The molecule has 2 N–H and O–H groups in total. The van der Waals surface area contributed by atoms with E-state index in [1.54, 1.807) is 28.8 Å². The molecule has 0 saturated heterocycles. The number of carbonyl (C=O) groups excluding carboxylic acids is 1. The van der Waals surface area contributed by atoms with Crippen LogP contribution in [-0.2, 0) is 27.7 Å². The normalized spacial score (nSPS) is 11.4. The highest BCUT2D eigenvalue weighted by molar-refractivity contribution is 7.89. The largest absolute Gasteiger partial charge is 0.345 e. The number of aromatic nitrogens is 4. The summed E-state index contributed by atoms with van der Waals surface area (Å²) < 4.78 is 24.3. The first-order valence-electron chi connectivity index (χ1n) is 9.53. The Bertz CT molecular complexity index is 1080. The third kappa shape index (κ3) is 5.71. The molecule has 0 fully saturated rings. The van der Waals surface area contributed by atoms with Crippen molar-refractivity contribution in [2.75, 3.05) is 13.6 Å². The van der Waals surface area contributed by atoms with E-state index < -0.39 is 10.0 Å². The van der Waals surface area contributed by atoms with Gasteiger partial charge in [-0.3, -0.25) is 4.79 Å². The van der Waals surface area contributed by atoms with E-state index in [1.807, 2.05) is 30.3 Å². The molecule has 158 valence electrons. The lowest BCUT2D eigenvalue weighted by Gasteiger charge is -2.17. The lowest BCUT2D eigenvalue weighted by atomic mass is 10.1. The molecule has 0 aliphatic carbocycles. The van der Waals surface area contributed by atoms with Gasteiger partial charge in [-0.1, -0.05) is 30.3 Å². The smallest absolute Gasteiger partial charge is 0.238 e. The van der Waals surface area contributed by atoms with Crippen molar-refractivity contribution < 1.29 is 13.2 Å². The van der Waals surface area contributed by atoms with Crippen LogP contribution in [0.15, 0.2) is 59.5 Å². The van der Waals surface area contributed by atoms with Crippen molar-refractivity contribution >= 4 is 15.9 Å². The van der Waals surface area contributed by atoms with Crippen molar-refractivity contribution in [1.82, 2.24) is 25.1 Å². The second-order valence-electron chi connectivity index (χ2n) is 6.95. The molecule has 0 unspecified atom stereocenters. The number of carbonyl (C=O) groups is 1. The van der Waals surface area contributed by atoms with Crippen molar-refractivity contribution in [3.8, 4) is 5.69 Å². The van der Waals surface area contributed by atoms with Gasteiger partial charge in [-0.25, -0.2) is 13.6 Å². The summed E-state index contributed by atoms with van der Waals surface area (Å²) in [5.41, 5.74) is 1.82. The monoisotopic (exact) mass is 428 g/mol. The minimum atomic E-state index is -3.69. The van der Waals surface area contributed by atoms with E-state index in [0.29, 0.717) is 38.1 Å². The maximum Gasteiger partial charge on any atom is 0.238 e. The summed E-state index contributed by atoms with van der Waals surface area (Å²) >= 11 is 0. The first-order chi connectivity index (χ1) is 14.3. The maximum atomic E-state index is 12.4. The predicted octanol–water partition coefficient (Wildman–Crippen LogP) is 1.33. The van der Waals surface area contributed by atoms with Gasteiger partial charge in [-0.2, -0.15) is 4.68 Å². The van der Waals surface area contributed by atoms with E-state index in [-0.39, 0.29) is 10.8 Å². The van der Waals surface area contributed by atoms with Crippen molar-refractivity contribution in [3.05, 3.63) is 66.0 Å². The summed E-state index contributed by atoms with van der Waals surface area (Å²) in [6.07, 6.45) is 2.25. The van der Waals surface area contributed by atoms with E-state index in [1.165, 1.54) is 12.1 Å². The summed E-state index contributed by atoms with van der Waals surface area (Å²) in [5.74, 6) is 0.751. The molecule has 1 amide bonds. The number of hydrogen-bond donors (Lipinski definition) is 1. The van der Waals surface area contributed by atoms with Crippen molar-refractivity contribution in [3.63, 3.8) is 0 Å². The number of aryl methyl sites for hydroxylation is 1. The topological polar surface area (TPSA) is 124 Å². The predicted molar refractivity (Wildman–Crippen MR) is 111 cm³/mol. The standard InChI is InChI=1S/C20H24N6O3S/c1-25(15-14-16-10-12-18(13-11-16)30(21,28)29)20(27)9-5-8-19-22-23-24-26(19)17-6-3-2-4-7-17/h2-4,6-7,10-13H,5,8-9,14-15H2,1H3,(H2,21,28,29). The fourth-order valence-corrected chi connectivity index (χ4v) is 3.50. The molecule has 10 heteroatoms. The highest BCUT2D eigenvalue weighted by Crippen LogP contribution is 2.11. The van der Waals surface area contributed by atoms with Crippen LogP contribution in [0.2, 0.25) is 0 Å². The average Bonchev–Trinajstić information content (AvgIpc) is 3.20. The van der Waals surface area contributed by atoms with Crippen LogP contribution >= 0.6 is 0 Å². The molecule has 30 heavy (non-hydrogen) atoms. The molecule has 0 atom stereocenters. The Hall–Kier alpha value is -3.11. The van der Waals surface area contributed by atoms with Crippen LogP contribution in [0.3, 0.4) is 0 Å². The third-order valence-corrected chi connectivity index (χ3v) is 5.67. The van der Waals surface area contributed by atoms with Crippen LogP contribution < -0.4 is 5.14 Å². The van der Waals surface area contributed by atoms with Crippen LogP contribution in [0.25, 0.3) is 5.69 Å². The SMILES string of the molecule is CN(CCc1ccc(S(N)(=O)=O)cc1)C(=O)CCCc1nnnn1-c1ccccc1. The highest BCUT2D eigenvalue weighted by Gasteiger charge is 2.12. The molecule has 0 aliphatic heterocycles. The summed E-state index contributed by atoms with van der Waals surface area (Å²) in [5, 5.41) is 16.9. The van der Waals surface area contributed by atoms with E-state index in [2.05, 4.69) is 15.5 Å². The molecule has 3 aromatic rings. The van der Waals surface area contributed by atoms with Crippen molar-refractivity contribution in [2.24, 2.45) is 5.14 Å². The Morgan fingerprint density at radius 1 is 1.07 bits per heavy atom. The number of nitrogens with zero attached hydrogens (tertiary/aromatic N) is 5. The Morgan fingerprint density at radius 3 is 2.43 bits per heavy atom. The average molecular weight is 429 g/mol. The first-order valence-corrected chi connectivity index (χ1v) is 11.1. The van der Waals surface area contributed by atoms with Crippen LogP contribution in [0.5, 0.6) is 0 Å². The zero-order valence-corrected chi connectivity index (χ0v) is 17.5. The molecule has 0 radical (unpaired) electrons. The Labute approximate surface area is 175 Å². The lowest BCUT2D eigenvalue weighted by Crippen LogP contribution is -2.28. The van der Waals surface area contributed by atoms with Crippen LogP contribution in [0.4, 0.5) is 0 Å². The van der Waals surface area contributed by atoms with Gasteiger partial charge in [0.25, 0.3) is 0 Å².